The smallest absolute Gasteiger partial charge is 0.335 e. The molecule has 0 aromatic heterocycles. The first-order valence-electron chi connectivity index (χ1n) is 5.35. The van der Waals surface area contributed by atoms with E-state index in [0.717, 1.165) is 6.07 Å². The van der Waals surface area contributed by atoms with Crippen molar-refractivity contribution in [2.75, 3.05) is 25.1 Å². The molecule has 1 aromatic carbocycles. The molecule has 1 aromatic rings. The van der Waals surface area contributed by atoms with Crippen molar-refractivity contribution in [1.82, 2.24) is 0 Å². The molecule has 2 rings (SSSR count). The second-order valence-electron chi connectivity index (χ2n) is 4.66. The molecule has 0 saturated carbocycles. The predicted octanol–water partition coefficient (Wildman–Crippen LogP) is 1.97. The van der Waals surface area contributed by atoms with Crippen molar-refractivity contribution in [3.05, 3.63) is 29.6 Å². The Balaban J connectivity index is 2.08. The van der Waals surface area contributed by atoms with Gasteiger partial charge in [0.2, 0.25) is 0 Å². The Kier molecular flexibility index (Phi) is 3.02. The fourth-order valence-electron chi connectivity index (χ4n) is 1.65. The summed E-state index contributed by atoms with van der Waals surface area (Å²) < 4.78 is 18.5. The SMILES string of the molecule is CC1(CNc2cc(C(=O)O)ccc2F)COC1. The van der Waals surface area contributed by atoms with Crippen LogP contribution in [0.1, 0.15) is 17.3 Å². The van der Waals surface area contributed by atoms with Gasteiger partial charge in [0.25, 0.3) is 0 Å². The van der Waals surface area contributed by atoms with E-state index in [2.05, 4.69) is 5.32 Å². The molecule has 0 bridgehead atoms. The largest absolute Gasteiger partial charge is 0.478 e. The van der Waals surface area contributed by atoms with Gasteiger partial charge in [0.05, 0.1) is 24.5 Å². The summed E-state index contributed by atoms with van der Waals surface area (Å²) in [5, 5.41) is 11.7. The van der Waals surface area contributed by atoms with Gasteiger partial charge in [0, 0.05) is 12.0 Å². The van der Waals surface area contributed by atoms with E-state index in [1.807, 2.05) is 6.92 Å². The van der Waals surface area contributed by atoms with Gasteiger partial charge in [-0.1, -0.05) is 6.92 Å². The highest BCUT2D eigenvalue weighted by atomic mass is 19.1. The molecular formula is C12H14FNO3. The molecule has 0 amide bonds. The van der Waals surface area contributed by atoms with Crippen molar-refractivity contribution >= 4 is 11.7 Å². The summed E-state index contributed by atoms with van der Waals surface area (Å²) in [6, 6.07) is 3.71. The van der Waals surface area contributed by atoms with Crippen LogP contribution in [-0.2, 0) is 4.74 Å². The van der Waals surface area contributed by atoms with Crippen LogP contribution in [0.4, 0.5) is 10.1 Å². The van der Waals surface area contributed by atoms with Gasteiger partial charge >= 0.3 is 5.97 Å². The molecule has 1 saturated heterocycles. The van der Waals surface area contributed by atoms with Gasteiger partial charge in [-0.15, -0.1) is 0 Å². The van der Waals surface area contributed by atoms with Crippen molar-refractivity contribution in [2.24, 2.45) is 5.41 Å². The second kappa shape index (κ2) is 4.33. The average molecular weight is 239 g/mol. The third-order valence-corrected chi connectivity index (χ3v) is 2.82. The third kappa shape index (κ3) is 2.55. The van der Waals surface area contributed by atoms with Crippen LogP contribution in [0.2, 0.25) is 0 Å². The molecule has 1 heterocycles. The first-order chi connectivity index (χ1) is 8.00. The van der Waals surface area contributed by atoms with Crippen LogP contribution < -0.4 is 5.32 Å². The lowest BCUT2D eigenvalue weighted by molar-refractivity contribution is -0.0924. The van der Waals surface area contributed by atoms with Gasteiger partial charge in [-0.2, -0.15) is 0 Å². The van der Waals surface area contributed by atoms with Gasteiger partial charge in [0.15, 0.2) is 0 Å². The van der Waals surface area contributed by atoms with E-state index in [-0.39, 0.29) is 16.7 Å². The number of carboxylic acid groups (broad SMARTS) is 1. The Morgan fingerprint density at radius 2 is 2.29 bits per heavy atom. The van der Waals surface area contributed by atoms with E-state index in [4.69, 9.17) is 9.84 Å². The first-order valence-corrected chi connectivity index (χ1v) is 5.35. The molecule has 2 N–H and O–H groups in total. The van der Waals surface area contributed by atoms with Gasteiger partial charge in [0.1, 0.15) is 5.82 Å². The highest BCUT2D eigenvalue weighted by Gasteiger charge is 2.33. The van der Waals surface area contributed by atoms with E-state index < -0.39 is 11.8 Å². The molecule has 92 valence electrons. The zero-order chi connectivity index (χ0) is 12.5. The maximum absolute atomic E-state index is 13.4. The number of nitrogens with one attached hydrogen (secondary N) is 1. The number of carbonyl (C=O) groups is 1. The minimum absolute atomic E-state index is 0.00562. The summed E-state index contributed by atoms with van der Waals surface area (Å²) in [5.74, 6) is -1.51. The standard InChI is InChI=1S/C12H14FNO3/c1-12(6-17-7-12)5-14-10-4-8(11(15)16)2-3-9(10)13/h2-4,14H,5-7H2,1H3,(H,15,16). The second-order valence-corrected chi connectivity index (χ2v) is 4.66. The lowest BCUT2D eigenvalue weighted by Gasteiger charge is -2.38. The number of halogens is 1. The summed E-state index contributed by atoms with van der Waals surface area (Å²) in [5.41, 5.74) is 0.299. The summed E-state index contributed by atoms with van der Waals surface area (Å²) in [6.07, 6.45) is 0. The van der Waals surface area contributed by atoms with Gasteiger partial charge < -0.3 is 15.2 Å². The van der Waals surface area contributed by atoms with Crippen LogP contribution in [0.25, 0.3) is 0 Å². The number of hydrogen-bond donors (Lipinski definition) is 2. The van der Waals surface area contributed by atoms with Gasteiger partial charge in [-0.25, -0.2) is 9.18 Å². The minimum Gasteiger partial charge on any atom is -0.478 e. The molecule has 17 heavy (non-hydrogen) atoms. The molecule has 0 atom stereocenters. The highest BCUT2D eigenvalue weighted by Crippen LogP contribution is 2.27. The number of carboxylic acids is 1. The van der Waals surface area contributed by atoms with E-state index in [1.165, 1.54) is 12.1 Å². The Morgan fingerprint density at radius 3 is 2.82 bits per heavy atom. The van der Waals surface area contributed by atoms with Gasteiger partial charge in [-0.05, 0) is 18.2 Å². The van der Waals surface area contributed by atoms with Crippen molar-refractivity contribution < 1.29 is 19.0 Å². The molecule has 0 unspecified atom stereocenters. The molecule has 0 aliphatic carbocycles. The normalized spacial score (nSPS) is 17.3. The lowest BCUT2D eigenvalue weighted by Crippen LogP contribution is -2.45. The molecular weight excluding hydrogens is 225 g/mol. The summed E-state index contributed by atoms with van der Waals surface area (Å²) >= 11 is 0. The monoisotopic (exact) mass is 239 g/mol. The number of benzene rings is 1. The lowest BCUT2D eigenvalue weighted by atomic mass is 9.88. The maximum atomic E-state index is 13.4. The number of ether oxygens (including phenoxy) is 1. The van der Waals surface area contributed by atoms with E-state index in [9.17, 15) is 9.18 Å². The number of aromatic carboxylic acids is 1. The first kappa shape index (κ1) is 11.9. The van der Waals surface area contributed by atoms with Crippen LogP contribution in [0.3, 0.4) is 0 Å². The van der Waals surface area contributed by atoms with Crippen LogP contribution in [0.15, 0.2) is 18.2 Å². The Hall–Kier alpha value is -1.62. The Bertz CT molecular complexity index is 443. The Morgan fingerprint density at radius 1 is 1.59 bits per heavy atom. The van der Waals surface area contributed by atoms with E-state index in [0.29, 0.717) is 19.8 Å². The quantitative estimate of drug-likeness (QED) is 0.843. The number of anilines is 1. The summed E-state index contributed by atoms with van der Waals surface area (Å²) in [6.45, 7) is 3.87. The van der Waals surface area contributed by atoms with Crippen molar-refractivity contribution in [3.8, 4) is 0 Å². The van der Waals surface area contributed by atoms with Crippen LogP contribution in [0, 0.1) is 11.2 Å². The molecule has 1 aliphatic heterocycles. The van der Waals surface area contributed by atoms with Crippen molar-refractivity contribution in [2.45, 2.75) is 6.92 Å². The van der Waals surface area contributed by atoms with E-state index >= 15 is 0 Å². The highest BCUT2D eigenvalue weighted by molar-refractivity contribution is 5.88. The van der Waals surface area contributed by atoms with E-state index in [1.54, 1.807) is 0 Å². The Labute approximate surface area is 98.4 Å². The van der Waals surface area contributed by atoms with Crippen LogP contribution in [-0.4, -0.2) is 30.8 Å². The summed E-state index contributed by atoms with van der Waals surface area (Å²) in [7, 11) is 0. The molecule has 4 nitrogen and oxygen atoms in total. The topological polar surface area (TPSA) is 58.6 Å². The predicted molar refractivity (Wildman–Crippen MR) is 60.8 cm³/mol. The fraction of sp³-hybridized carbons (Fsp3) is 0.417. The van der Waals surface area contributed by atoms with Crippen LogP contribution in [0.5, 0.6) is 0 Å². The average Bonchev–Trinajstić information content (AvgIpc) is 2.25. The fourth-order valence-corrected chi connectivity index (χ4v) is 1.65. The minimum atomic E-state index is -1.06. The van der Waals surface area contributed by atoms with Crippen LogP contribution >= 0.6 is 0 Å². The zero-order valence-corrected chi connectivity index (χ0v) is 9.50. The molecule has 5 heteroatoms. The molecule has 0 radical (unpaired) electrons. The molecule has 1 aliphatic rings. The summed E-state index contributed by atoms with van der Waals surface area (Å²) in [4.78, 5) is 10.8. The number of rotatable bonds is 4. The third-order valence-electron chi connectivity index (χ3n) is 2.82. The molecule has 1 fully saturated rings. The number of hydrogen-bond acceptors (Lipinski definition) is 3. The maximum Gasteiger partial charge on any atom is 0.335 e. The van der Waals surface area contributed by atoms with Gasteiger partial charge in [-0.3, -0.25) is 0 Å². The van der Waals surface area contributed by atoms with Crippen molar-refractivity contribution in [3.63, 3.8) is 0 Å². The van der Waals surface area contributed by atoms with Crippen molar-refractivity contribution in [1.29, 1.82) is 0 Å². The zero-order valence-electron chi connectivity index (χ0n) is 9.50. The molecule has 0 spiro atoms.